The Balaban J connectivity index is 1.65. The van der Waals surface area contributed by atoms with Crippen LogP contribution < -0.4 is 4.72 Å². The van der Waals surface area contributed by atoms with Gasteiger partial charge in [-0.25, -0.2) is 17.5 Å². The highest BCUT2D eigenvalue weighted by Gasteiger charge is 2.39. The first-order valence-corrected chi connectivity index (χ1v) is 12.6. The highest BCUT2D eigenvalue weighted by Crippen LogP contribution is 2.42. The van der Waals surface area contributed by atoms with E-state index in [0.717, 1.165) is 41.1 Å². The molecule has 0 radical (unpaired) electrons. The number of carbonyl (C=O) groups excluding carboxylic acids is 1. The van der Waals surface area contributed by atoms with Crippen LogP contribution in [0.5, 0.6) is 0 Å². The summed E-state index contributed by atoms with van der Waals surface area (Å²) in [6, 6.07) is 10.7. The number of benzene rings is 2. The van der Waals surface area contributed by atoms with Gasteiger partial charge in [0.15, 0.2) is 0 Å². The van der Waals surface area contributed by atoms with E-state index in [4.69, 9.17) is 11.6 Å². The van der Waals surface area contributed by atoms with Crippen molar-refractivity contribution in [3.05, 3.63) is 65.1 Å². The van der Waals surface area contributed by atoms with Gasteiger partial charge in [0.25, 0.3) is 0 Å². The van der Waals surface area contributed by atoms with E-state index in [1.54, 1.807) is 4.90 Å². The van der Waals surface area contributed by atoms with Gasteiger partial charge < -0.3 is 9.88 Å². The monoisotopic (exact) mass is 475 g/mol. The van der Waals surface area contributed by atoms with Crippen molar-refractivity contribution in [3.8, 4) is 0 Å². The molecule has 1 unspecified atom stereocenters. The van der Waals surface area contributed by atoms with Crippen LogP contribution in [0.3, 0.4) is 0 Å². The van der Waals surface area contributed by atoms with Crippen LogP contribution in [0.2, 0.25) is 0 Å². The summed E-state index contributed by atoms with van der Waals surface area (Å²) in [6.07, 6.45) is 2.19. The molecular weight excluding hydrogens is 453 g/mol. The summed E-state index contributed by atoms with van der Waals surface area (Å²) in [7, 11) is -3.79. The zero-order chi connectivity index (χ0) is 22.6. The number of para-hydroxylation sites is 1. The van der Waals surface area contributed by atoms with Crippen LogP contribution >= 0.6 is 11.6 Å². The van der Waals surface area contributed by atoms with Crippen molar-refractivity contribution in [3.63, 3.8) is 0 Å². The molecule has 2 heterocycles. The molecule has 2 aromatic carbocycles. The molecule has 9 heteroatoms. The first-order chi connectivity index (χ1) is 15.3. The molecule has 1 aliphatic carbocycles. The van der Waals surface area contributed by atoms with Crippen molar-refractivity contribution in [2.45, 2.75) is 49.2 Å². The number of hydrogen-bond acceptors (Lipinski definition) is 3. The number of fused-ring (bicyclic) bond motifs is 3. The highest BCUT2D eigenvalue weighted by atomic mass is 35.5. The van der Waals surface area contributed by atoms with Crippen LogP contribution in [0.4, 0.5) is 4.39 Å². The maximum Gasteiger partial charge on any atom is 0.240 e. The minimum atomic E-state index is -3.79. The van der Waals surface area contributed by atoms with Crippen LogP contribution in [-0.2, 0) is 21.2 Å². The van der Waals surface area contributed by atoms with E-state index in [1.807, 2.05) is 31.2 Å². The van der Waals surface area contributed by atoms with Crippen LogP contribution in [0.15, 0.2) is 47.4 Å². The van der Waals surface area contributed by atoms with Gasteiger partial charge in [-0.05, 0) is 49.9 Å². The minimum absolute atomic E-state index is 0.0762. The summed E-state index contributed by atoms with van der Waals surface area (Å²) in [6.45, 7) is 1.92. The van der Waals surface area contributed by atoms with Crippen molar-refractivity contribution in [1.82, 2.24) is 14.6 Å². The summed E-state index contributed by atoms with van der Waals surface area (Å²) in [4.78, 5) is 17.6. The molecule has 1 fully saturated rings. The molecule has 1 amide bonds. The predicted molar refractivity (Wildman–Crippen MR) is 121 cm³/mol. The van der Waals surface area contributed by atoms with E-state index in [9.17, 15) is 13.2 Å². The Hall–Kier alpha value is -2.42. The molecule has 3 aromatic rings. The van der Waals surface area contributed by atoms with Gasteiger partial charge >= 0.3 is 0 Å². The number of aromatic amines is 1. The fourth-order valence-electron chi connectivity index (χ4n) is 4.61. The highest BCUT2D eigenvalue weighted by molar-refractivity contribution is 7.89. The van der Waals surface area contributed by atoms with Crippen molar-refractivity contribution >= 4 is 38.4 Å². The van der Waals surface area contributed by atoms with Crippen LogP contribution in [0.25, 0.3) is 10.9 Å². The van der Waals surface area contributed by atoms with E-state index in [1.165, 1.54) is 12.1 Å². The fourth-order valence-corrected chi connectivity index (χ4v) is 6.07. The first kappa shape index (κ1) is 21.4. The largest absolute Gasteiger partial charge is 0.356 e. The number of amides is 1. The number of hydrogen-bond donors (Lipinski definition) is 2. The van der Waals surface area contributed by atoms with Gasteiger partial charge in [-0.3, -0.25) is 4.79 Å². The van der Waals surface area contributed by atoms with Gasteiger partial charge in [0.05, 0.1) is 4.90 Å². The smallest absolute Gasteiger partial charge is 0.240 e. The summed E-state index contributed by atoms with van der Waals surface area (Å²) >= 11 is 5.91. The molecular formula is C23H23ClFN3O3S. The van der Waals surface area contributed by atoms with Gasteiger partial charge in [-0.2, -0.15) is 0 Å². The average Bonchev–Trinajstić information content (AvgIpc) is 3.50. The van der Waals surface area contributed by atoms with E-state index < -0.39 is 21.9 Å². The quantitative estimate of drug-likeness (QED) is 0.550. The lowest BCUT2D eigenvalue weighted by Crippen LogP contribution is -2.47. The number of nitrogens with zero attached hydrogens (tertiary/aromatic N) is 1. The van der Waals surface area contributed by atoms with Gasteiger partial charge in [0.2, 0.25) is 15.9 Å². The number of halogens is 2. The lowest BCUT2D eigenvalue weighted by molar-refractivity contribution is -0.133. The van der Waals surface area contributed by atoms with Crippen molar-refractivity contribution < 1.29 is 17.6 Å². The topological polar surface area (TPSA) is 82.3 Å². The van der Waals surface area contributed by atoms with E-state index >= 15 is 4.39 Å². The molecule has 2 N–H and O–H groups in total. The summed E-state index contributed by atoms with van der Waals surface area (Å²) in [5.74, 6) is -1.21. The standard InChI is InChI=1S/C23H23ClFN3O3S/c1-13-10-18-16-4-2-3-5-20(16)26-22(18)23(28(13)21(29)12-24)17-9-8-15(11-19(17)25)32(30,31)27-14-6-7-14/h2-5,8-9,11,13-14,23,26-27H,6-7,10,12H2,1H3/t13-,23?/m0/s1. The third-order valence-electron chi connectivity index (χ3n) is 6.25. The summed E-state index contributed by atoms with van der Waals surface area (Å²) in [5.41, 5.74) is 2.90. The SMILES string of the molecule is C[C@H]1Cc2c([nH]c3ccccc23)C(c2ccc(S(=O)(=O)NC3CC3)cc2F)N1C(=O)CCl. The van der Waals surface area contributed by atoms with Crippen LogP contribution in [-0.4, -0.2) is 42.2 Å². The van der Waals surface area contributed by atoms with Crippen molar-refractivity contribution in [2.24, 2.45) is 0 Å². The fraction of sp³-hybridized carbons (Fsp3) is 0.348. The third kappa shape index (κ3) is 3.60. The lowest BCUT2D eigenvalue weighted by atomic mass is 9.88. The molecule has 0 spiro atoms. The summed E-state index contributed by atoms with van der Waals surface area (Å²) in [5, 5.41) is 1.03. The second-order valence-electron chi connectivity index (χ2n) is 8.53. The lowest BCUT2D eigenvalue weighted by Gasteiger charge is -2.41. The second-order valence-corrected chi connectivity index (χ2v) is 10.5. The van der Waals surface area contributed by atoms with E-state index in [2.05, 4.69) is 9.71 Å². The molecule has 6 nitrogen and oxygen atoms in total. The number of alkyl halides is 1. The average molecular weight is 476 g/mol. The molecule has 168 valence electrons. The van der Waals surface area contributed by atoms with Crippen molar-refractivity contribution in [1.29, 1.82) is 0 Å². The van der Waals surface area contributed by atoms with Crippen molar-refractivity contribution in [2.75, 3.05) is 5.88 Å². The zero-order valence-corrected chi connectivity index (χ0v) is 19.0. The number of aromatic nitrogens is 1. The van der Waals surface area contributed by atoms with E-state index in [-0.39, 0.29) is 34.3 Å². The Morgan fingerprint density at radius 3 is 2.69 bits per heavy atom. The zero-order valence-electron chi connectivity index (χ0n) is 17.4. The molecule has 1 saturated carbocycles. The Bertz CT molecular complexity index is 1320. The molecule has 1 aromatic heterocycles. The van der Waals surface area contributed by atoms with Gasteiger partial charge in [-0.1, -0.05) is 24.3 Å². The van der Waals surface area contributed by atoms with Gasteiger partial charge in [-0.15, -0.1) is 11.6 Å². The third-order valence-corrected chi connectivity index (χ3v) is 8.00. The maximum absolute atomic E-state index is 15.5. The summed E-state index contributed by atoms with van der Waals surface area (Å²) < 4.78 is 43.1. The second kappa shape index (κ2) is 7.86. The number of H-pyrrole nitrogens is 1. The predicted octanol–water partition coefficient (Wildman–Crippen LogP) is 3.85. The Morgan fingerprint density at radius 2 is 2.00 bits per heavy atom. The Labute approximate surface area is 190 Å². The minimum Gasteiger partial charge on any atom is -0.356 e. The van der Waals surface area contributed by atoms with Gasteiger partial charge in [0.1, 0.15) is 17.7 Å². The van der Waals surface area contributed by atoms with Crippen LogP contribution in [0.1, 0.15) is 42.6 Å². The van der Waals surface area contributed by atoms with E-state index in [0.29, 0.717) is 6.42 Å². The molecule has 2 atom stereocenters. The molecule has 32 heavy (non-hydrogen) atoms. The Kier molecular flexibility index (Phi) is 5.27. The number of carbonyl (C=O) groups is 1. The molecule has 0 saturated heterocycles. The van der Waals surface area contributed by atoms with Gasteiger partial charge in [0, 0.05) is 34.2 Å². The molecule has 1 aliphatic heterocycles. The molecule has 2 aliphatic rings. The number of nitrogens with one attached hydrogen (secondary N) is 2. The number of rotatable bonds is 5. The maximum atomic E-state index is 15.5. The Morgan fingerprint density at radius 1 is 1.25 bits per heavy atom. The number of sulfonamides is 1. The molecule has 5 rings (SSSR count). The van der Waals surface area contributed by atoms with Crippen LogP contribution in [0, 0.1) is 5.82 Å². The normalized spacial score (nSPS) is 21.0. The first-order valence-electron chi connectivity index (χ1n) is 10.6. The molecule has 0 bridgehead atoms.